The zero-order chi connectivity index (χ0) is 13.1. The number of anilines is 2. The Hall–Kier alpha value is -1.40. The maximum atomic E-state index is 9.77. The lowest BCUT2D eigenvalue weighted by Gasteiger charge is -2.33. The summed E-state index contributed by atoms with van der Waals surface area (Å²) in [5, 5.41) is 9.77. The molecule has 4 N–H and O–H groups in total. The molecule has 1 aliphatic heterocycles. The number of β-amino-alcohol motifs (C(OH)–C–C–N with tert-alkyl or cyclic N) is 1. The van der Waals surface area contributed by atoms with Crippen LogP contribution in [-0.4, -0.2) is 34.3 Å². The fourth-order valence-corrected chi connectivity index (χ4v) is 2.43. The normalized spacial score (nSPS) is 20.3. The fourth-order valence-electron chi connectivity index (χ4n) is 2.43. The molecule has 1 unspecified atom stereocenters. The molecular weight excluding hydrogens is 230 g/mol. The highest BCUT2D eigenvalue weighted by atomic mass is 16.3. The van der Waals surface area contributed by atoms with Crippen LogP contribution in [0.25, 0.3) is 0 Å². The highest BCUT2D eigenvalue weighted by Crippen LogP contribution is 2.31. The Balaban J connectivity index is 2.36. The summed E-state index contributed by atoms with van der Waals surface area (Å²) in [5.74, 6) is 7.32. The first-order valence-corrected chi connectivity index (χ1v) is 6.38. The minimum absolute atomic E-state index is 0.270. The van der Waals surface area contributed by atoms with Crippen LogP contribution in [0.3, 0.4) is 0 Å². The molecule has 0 amide bonds. The van der Waals surface area contributed by atoms with Crippen molar-refractivity contribution in [1.82, 2.24) is 9.97 Å². The van der Waals surface area contributed by atoms with E-state index in [0.29, 0.717) is 12.4 Å². The SMILES string of the molecule is CC(C)c1c(NN)ncnc1N1CCCC(O)C1. The lowest BCUT2D eigenvalue weighted by molar-refractivity contribution is 0.153. The summed E-state index contributed by atoms with van der Waals surface area (Å²) in [6.07, 6.45) is 3.08. The molecule has 1 fully saturated rings. The van der Waals surface area contributed by atoms with Crippen LogP contribution in [0.4, 0.5) is 11.6 Å². The van der Waals surface area contributed by atoms with E-state index in [-0.39, 0.29) is 12.0 Å². The number of nitrogens with zero attached hydrogens (tertiary/aromatic N) is 3. The molecule has 6 nitrogen and oxygen atoms in total. The van der Waals surface area contributed by atoms with Crippen LogP contribution in [0.15, 0.2) is 6.33 Å². The lowest BCUT2D eigenvalue weighted by atomic mass is 10.0. The Morgan fingerprint density at radius 1 is 1.50 bits per heavy atom. The number of aromatic nitrogens is 2. The summed E-state index contributed by atoms with van der Waals surface area (Å²) in [7, 11) is 0. The molecule has 6 heteroatoms. The highest BCUT2D eigenvalue weighted by molar-refractivity contribution is 5.60. The summed E-state index contributed by atoms with van der Waals surface area (Å²) in [4.78, 5) is 10.6. The molecule has 1 saturated heterocycles. The molecule has 1 atom stereocenters. The molecule has 0 aliphatic carbocycles. The van der Waals surface area contributed by atoms with Crippen molar-refractivity contribution in [2.75, 3.05) is 23.4 Å². The number of hydrazine groups is 1. The van der Waals surface area contributed by atoms with Gasteiger partial charge < -0.3 is 15.4 Å². The van der Waals surface area contributed by atoms with Gasteiger partial charge in [-0.1, -0.05) is 13.8 Å². The molecule has 1 aromatic heterocycles. The van der Waals surface area contributed by atoms with Crippen LogP contribution in [-0.2, 0) is 0 Å². The number of nitrogens with one attached hydrogen (secondary N) is 1. The summed E-state index contributed by atoms with van der Waals surface area (Å²) >= 11 is 0. The summed E-state index contributed by atoms with van der Waals surface area (Å²) in [6, 6.07) is 0. The second kappa shape index (κ2) is 5.49. The van der Waals surface area contributed by atoms with Gasteiger partial charge in [0.1, 0.15) is 18.0 Å². The van der Waals surface area contributed by atoms with Crippen LogP contribution in [0, 0.1) is 0 Å². The first-order valence-electron chi connectivity index (χ1n) is 6.38. The predicted octanol–water partition coefficient (Wildman–Crippen LogP) is 0.847. The van der Waals surface area contributed by atoms with Gasteiger partial charge in [-0.25, -0.2) is 15.8 Å². The third-order valence-electron chi connectivity index (χ3n) is 3.27. The van der Waals surface area contributed by atoms with Gasteiger partial charge in [0.05, 0.1) is 6.10 Å². The fraction of sp³-hybridized carbons (Fsp3) is 0.667. The Labute approximate surface area is 107 Å². The van der Waals surface area contributed by atoms with E-state index in [1.54, 1.807) is 0 Å². The number of aliphatic hydroxyl groups is 1. The van der Waals surface area contributed by atoms with Crippen LogP contribution in [0.5, 0.6) is 0 Å². The highest BCUT2D eigenvalue weighted by Gasteiger charge is 2.24. The molecule has 0 aromatic carbocycles. The maximum absolute atomic E-state index is 9.77. The topological polar surface area (TPSA) is 87.3 Å². The number of rotatable bonds is 3. The Morgan fingerprint density at radius 3 is 2.89 bits per heavy atom. The molecule has 100 valence electrons. The van der Waals surface area contributed by atoms with Gasteiger partial charge in [0.25, 0.3) is 0 Å². The first-order chi connectivity index (χ1) is 8.63. The summed E-state index contributed by atoms with van der Waals surface area (Å²) < 4.78 is 0. The molecular formula is C12H21N5O. The molecule has 0 spiro atoms. The standard InChI is InChI=1S/C12H21N5O/c1-8(2)10-11(16-13)14-7-15-12(10)17-5-3-4-9(18)6-17/h7-9,18H,3-6,13H2,1-2H3,(H,14,15,16). The van der Waals surface area contributed by atoms with Crippen LogP contribution in [0.1, 0.15) is 38.2 Å². The molecule has 1 aromatic rings. The minimum Gasteiger partial charge on any atom is -0.391 e. The molecule has 0 saturated carbocycles. The van der Waals surface area contributed by atoms with Crippen molar-refractivity contribution in [2.24, 2.45) is 5.84 Å². The molecule has 0 radical (unpaired) electrons. The predicted molar refractivity (Wildman–Crippen MR) is 71.4 cm³/mol. The number of hydrogen-bond acceptors (Lipinski definition) is 6. The van der Waals surface area contributed by atoms with E-state index < -0.39 is 0 Å². The van der Waals surface area contributed by atoms with E-state index in [1.165, 1.54) is 6.33 Å². The second-order valence-corrected chi connectivity index (χ2v) is 5.00. The second-order valence-electron chi connectivity index (χ2n) is 5.00. The molecule has 2 heterocycles. The van der Waals surface area contributed by atoms with Crippen molar-refractivity contribution in [2.45, 2.75) is 38.7 Å². The van der Waals surface area contributed by atoms with E-state index in [4.69, 9.17) is 5.84 Å². The Kier molecular flexibility index (Phi) is 3.98. The summed E-state index contributed by atoms with van der Waals surface area (Å²) in [5.41, 5.74) is 3.64. The largest absolute Gasteiger partial charge is 0.391 e. The Morgan fingerprint density at radius 2 is 2.28 bits per heavy atom. The van der Waals surface area contributed by atoms with E-state index in [2.05, 4.69) is 34.1 Å². The van der Waals surface area contributed by atoms with E-state index in [0.717, 1.165) is 30.8 Å². The minimum atomic E-state index is -0.275. The van der Waals surface area contributed by atoms with Crippen molar-refractivity contribution in [3.8, 4) is 0 Å². The van der Waals surface area contributed by atoms with E-state index in [1.807, 2.05) is 0 Å². The zero-order valence-electron chi connectivity index (χ0n) is 10.9. The van der Waals surface area contributed by atoms with Gasteiger partial charge in [0.2, 0.25) is 0 Å². The van der Waals surface area contributed by atoms with Gasteiger partial charge in [-0.2, -0.15) is 0 Å². The number of nitrogens with two attached hydrogens (primary N) is 1. The summed E-state index contributed by atoms with van der Waals surface area (Å²) in [6.45, 7) is 5.71. The van der Waals surface area contributed by atoms with Gasteiger partial charge in [-0.3, -0.25) is 0 Å². The number of nitrogen functional groups attached to an aromatic ring is 1. The molecule has 2 rings (SSSR count). The maximum Gasteiger partial charge on any atom is 0.148 e. The van der Waals surface area contributed by atoms with Crippen LogP contribution in [0.2, 0.25) is 0 Å². The monoisotopic (exact) mass is 251 g/mol. The van der Waals surface area contributed by atoms with Crippen LogP contribution >= 0.6 is 0 Å². The van der Waals surface area contributed by atoms with Gasteiger partial charge in [-0.15, -0.1) is 0 Å². The molecule has 1 aliphatic rings. The van der Waals surface area contributed by atoms with Gasteiger partial charge in [0, 0.05) is 18.7 Å². The average Bonchev–Trinajstić information content (AvgIpc) is 2.37. The van der Waals surface area contributed by atoms with Crippen molar-refractivity contribution in [3.05, 3.63) is 11.9 Å². The van der Waals surface area contributed by atoms with Crippen molar-refractivity contribution >= 4 is 11.6 Å². The number of aliphatic hydroxyl groups excluding tert-OH is 1. The van der Waals surface area contributed by atoms with E-state index >= 15 is 0 Å². The molecule has 0 bridgehead atoms. The van der Waals surface area contributed by atoms with Crippen molar-refractivity contribution in [1.29, 1.82) is 0 Å². The van der Waals surface area contributed by atoms with Crippen LogP contribution < -0.4 is 16.2 Å². The third-order valence-corrected chi connectivity index (χ3v) is 3.27. The average molecular weight is 251 g/mol. The lowest BCUT2D eigenvalue weighted by Crippen LogP contribution is -2.39. The van der Waals surface area contributed by atoms with Gasteiger partial charge in [-0.05, 0) is 18.8 Å². The van der Waals surface area contributed by atoms with Gasteiger partial charge in [0.15, 0.2) is 0 Å². The van der Waals surface area contributed by atoms with Crippen molar-refractivity contribution in [3.63, 3.8) is 0 Å². The molecule has 18 heavy (non-hydrogen) atoms. The van der Waals surface area contributed by atoms with Crippen molar-refractivity contribution < 1.29 is 5.11 Å². The van der Waals surface area contributed by atoms with Gasteiger partial charge >= 0.3 is 0 Å². The smallest absolute Gasteiger partial charge is 0.148 e. The Bertz CT molecular complexity index is 409. The zero-order valence-corrected chi connectivity index (χ0v) is 10.9. The third kappa shape index (κ3) is 2.54. The quantitative estimate of drug-likeness (QED) is 0.545. The van der Waals surface area contributed by atoms with E-state index in [9.17, 15) is 5.11 Å². The number of hydrogen-bond donors (Lipinski definition) is 3. The number of piperidine rings is 1. The first kappa shape index (κ1) is 13.0.